The Morgan fingerprint density at radius 1 is 1.09 bits per heavy atom. The summed E-state index contributed by atoms with van der Waals surface area (Å²) >= 11 is 0. The lowest BCUT2D eigenvalue weighted by Gasteiger charge is -2.31. The molecule has 8 heteroatoms. The molecule has 0 saturated heterocycles. The van der Waals surface area contributed by atoms with Gasteiger partial charge >= 0.3 is 5.97 Å². The van der Waals surface area contributed by atoms with Crippen molar-refractivity contribution in [2.75, 3.05) is 20.8 Å². The highest BCUT2D eigenvalue weighted by Crippen LogP contribution is 2.37. The Hall–Kier alpha value is -3.00. The lowest BCUT2D eigenvalue weighted by molar-refractivity contribution is -0.132. The van der Waals surface area contributed by atoms with Crippen LogP contribution >= 0.6 is 0 Å². The molecule has 1 heterocycles. The first-order valence-corrected chi connectivity index (χ1v) is 10.6. The van der Waals surface area contributed by atoms with Crippen molar-refractivity contribution in [2.24, 2.45) is 5.73 Å². The largest absolute Gasteiger partial charge is 0.496 e. The average Bonchev–Trinajstić information content (AvgIpc) is 3.19. The van der Waals surface area contributed by atoms with Crippen LogP contribution in [0.3, 0.4) is 0 Å². The maximum Gasteiger partial charge on any atom is 0.341 e. The first kappa shape index (κ1) is 22.2. The lowest BCUT2D eigenvalue weighted by atomic mass is 9.90. The third-order valence-corrected chi connectivity index (χ3v) is 6.53. The van der Waals surface area contributed by atoms with Gasteiger partial charge in [-0.3, -0.25) is 4.79 Å². The predicted molar refractivity (Wildman–Crippen MR) is 113 cm³/mol. The minimum atomic E-state index is -0.890. The molecule has 0 spiro atoms. The average molecular weight is 444 g/mol. The number of amides is 1. The second kappa shape index (κ2) is 8.86. The Balaban J connectivity index is 1.47. The third kappa shape index (κ3) is 4.07. The van der Waals surface area contributed by atoms with Crippen LogP contribution < -0.4 is 10.5 Å². The van der Waals surface area contributed by atoms with Crippen molar-refractivity contribution >= 4 is 11.9 Å². The van der Waals surface area contributed by atoms with E-state index in [2.05, 4.69) is 0 Å². The van der Waals surface area contributed by atoms with Crippen LogP contribution in [-0.2, 0) is 28.9 Å². The monoisotopic (exact) mass is 444 g/mol. The zero-order valence-electron chi connectivity index (χ0n) is 18.1. The van der Waals surface area contributed by atoms with Crippen LogP contribution in [0.1, 0.15) is 51.4 Å². The van der Waals surface area contributed by atoms with Crippen LogP contribution in [0.2, 0.25) is 0 Å². The summed E-state index contributed by atoms with van der Waals surface area (Å²) in [6, 6.07) is 5.48. The Morgan fingerprint density at radius 2 is 1.84 bits per heavy atom. The molecule has 1 aliphatic heterocycles. The minimum Gasteiger partial charge on any atom is -0.496 e. The number of methoxy groups -OCH3 is 2. The molecule has 0 radical (unpaired) electrons. The van der Waals surface area contributed by atoms with Crippen molar-refractivity contribution in [3.05, 3.63) is 63.7 Å². The first-order chi connectivity index (χ1) is 15.3. The number of carbonyl (C=O) groups is 2. The van der Waals surface area contributed by atoms with E-state index in [1.807, 2.05) is 6.07 Å². The number of aryl methyl sites for hydroxylation is 1. The highest BCUT2D eigenvalue weighted by Gasteiger charge is 2.32. The van der Waals surface area contributed by atoms with E-state index in [-0.39, 0.29) is 18.2 Å². The van der Waals surface area contributed by atoms with Crippen LogP contribution in [-0.4, -0.2) is 43.6 Å². The Bertz CT molecular complexity index is 1070. The molecule has 4 rings (SSSR count). The smallest absolute Gasteiger partial charge is 0.341 e. The molecule has 1 aliphatic carbocycles. The van der Waals surface area contributed by atoms with Crippen molar-refractivity contribution in [1.82, 2.24) is 4.90 Å². The van der Waals surface area contributed by atoms with Crippen LogP contribution in [0.25, 0.3) is 0 Å². The number of hydrogen-bond acceptors (Lipinski definition) is 5. The fourth-order valence-electron chi connectivity index (χ4n) is 4.79. The first-order valence-electron chi connectivity index (χ1n) is 10.6. The summed E-state index contributed by atoms with van der Waals surface area (Å²) in [5.41, 5.74) is 10.0. The summed E-state index contributed by atoms with van der Waals surface area (Å²) in [5, 5.41) is 0. The SMILES string of the molecule is COC(=O)c1cc2c(cc1OC)CCN(C(=O)C[C@H](N)[C@H]1CCc3cc(F)c(F)cc31)C2. The summed E-state index contributed by atoms with van der Waals surface area (Å²) in [5.74, 6) is -2.09. The van der Waals surface area contributed by atoms with Crippen molar-refractivity contribution < 1.29 is 27.8 Å². The predicted octanol–water partition coefficient (Wildman–Crippen LogP) is 3.09. The van der Waals surface area contributed by atoms with Gasteiger partial charge in [0, 0.05) is 31.5 Å². The van der Waals surface area contributed by atoms with E-state index < -0.39 is 23.6 Å². The second-order valence-corrected chi connectivity index (χ2v) is 8.36. The van der Waals surface area contributed by atoms with Crippen molar-refractivity contribution in [3.63, 3.8) is 0 Å². The number of ether oxygens (including phenoxy) is 2. The number of benzene rings is 2. The molecule has 0 fully saturated rings. The van der Waals surface area contributed by atoms with Gasteiger partial charge in [0.25, 0.3) is 0 Å². The highest BCUT2D eigenvalue weighted by atomic mass is 19.2. The summed E-state index contributed by atoms with van der Waals surface area (Å²) in [7, 11) is 2.80. The molecule has 170 valence electrons. The number of halogens is 2. The van der Waals surface area contributed by atoms with Gasteiger partial charge in [-0.25, -0.2) is 13.6 Å². The van der Waals surface area contributed by atoms with Crippen LogP contribution in [0, 0.1) is 11.6 Å². The molecule has 2 N–H and O–H groups in total. The number of nitrogens with two attached hydrogens (primary N) is 1. The molecule has 0 aromatic heterocycles. The summed E-state index contributed by atoms with van der Waals surface area (Å²) in [4.78, 5) is 26.8. The molecule has 2 aliphatic rings. The molecule has 2 atom stereocenters. The van der Waals surface area contributed by atoms with Gasteiger partial charge in [-0.2, -0.15) is 0 Å². The van der Waals surface area contributed by atoms with Crippen LogP contribution in [0.4, 0.5) is 8.78 Å². The van der Waals surface area contributed by atoms with Gasteiger partial charge in [0.05, 0.1) is 14.2 Å². The van der Waals surface area contributed by atoms with E-state index in [9.17, 15) is 18.4 Å². The number of carbonyl (C=O) groups excluding carboxylic acids is 2. The zero-order chi connectivity index (χ0) is 23.0. The number of fused-ring (bicyclic) bond motifs is 2. The van der Waals surface area contributed by atoms with Gasteiger partial charge in [0.15, 0.2) is 11.6 Å². The zero-order valence-corrected chi connectivity index (χ0v) is 18.1. The summed E-state index contributed by atoms with van der Waals surface area (Å²) in [6.07, 6.45) is 2.02. The standard InChI is InChI=1S/C24H26F2N2O4/c1-31-22-9-13-5-6-28(12-15(13)7-18(22)24(30)32-2)23(29)11-21(27)16-4-3-14-8-19(25)20(26)10-17(14)16/h7-10,16,21H,3-6,11-12,27H2,1-2H3/t16-,21-/m0/s1. The number of hydrogen-bond donors (Lipinski definition) is 1. The van der Waals surface area contributed by atoms with E-state index in [0.717, 1.165) is 16.7 Å². The molecular formula is C24H26F2N2O4. The van der Waals surface area contributed by atoms with Gasteiger partial charge in [0.2, 0.25) is 5.91 Å². The molecule has 32 heavy (non-hydrogen) atoms. The molecule has 2 aromatic rings. The molecule has 2 aromatic carbocycles. The highest BCUT2D eigenvalue weighted by molar-refractivity contribution is 5.93. The van der Waals surface area contributed by atoms with Crippen LogP contribution in [0.5, 0.6) is 5.75 Å². The number of nitrogens with zero attached hydrogens (tertiary/aromatic N) is 1. The van der Waals surface area contributed by atoms with E-state index in [0.29, 0.717) is 49.2 Å². The van der Waals surface area contributed by atoms with Crippen molar-refractivity contribution in [2.45, 2.75) is 44.2 Å². The quantitative estimate of drug-likeness (QED) is 0.717. The third-order valence-electron chi connectivity index (χ3n) is 6.53. The van der Waals surface area contributed by atoms with E-state index in [4.69, 9.17) is 15.2 Å². The maximum atomic E-state index is 13.7. The maximum absolute atomic E-state index is 13.7. The van der Waals surface area contributed by atoms with Crippen LogP contribution in [0.15, 0.2) is 24.3 Å². The Kier molecular flexibility index (Phi) is 6.15. The number of rotatable bonds is 5. The molecule has 6 nitrogen and oxygen atoms in total. The topological polar surface area (TPSA) is 81.9 Å². The van der Waals surface area contributed by atoms with E-state index in [1.54, 1.807) is 11.0 Å². The lowest BCUT2D eigenvalue weighted by Crippen LogP contribution is -2.40. The van der Waals surface area contributed by atoms with Gasteiger partial charge < -0.3 is 20.1 Å². The van der Waals surface area contributed by atoms with Crippen molar-refractivity contribution in [3.8, 4) is 5.75 Å². The molecule has 0 saturated carbocycles. The Morgan fingerprint density at radius 3 is 2.56 bits per heavy atom. The molecule has 0 unspecified atom stereocenters. The Labute approximate surface area is 185 Å². The van der Waals surface area contributed by atoms with Crippen molar-refractivity contribution in [1.29, 1.82) is 0 Å². The van der Waals surface area contributed by atoms with Gasteiger partial charge in [-0.05, 0) is 65.8 Å². The molecular weight excluding hydrogens is 418 g/mol. The summed E-state index contributed by atoms with van der Waals surface area (Å²) in [6.45, 7) is 0.885. The number of esters is 1. The molecule has 1 amide bonds. The van der Waals surface area contributed by atoms with Gasteiger partial charge in [0.1, 0.15) is 11.3 Å². The minimum absolute atomic E-state index is 0.102. The van der Waals surface area contributed by atoms with Gasteiger partial charge in [-0.15, -0.1) is 0 Å². The normalized spacial score (nSPS) is 18.0. The van der Waals surface area contributed by atoms with E-state index in [1.165, 1.54) is 26.4 Å². The fourth-order valence-corrected chi connectivity index (χ4v) is 4.79. The second-order valence-electron chi connectivity index (χ2n) is 8.36. The molecule has 0 bridgehead atoms. The van der Waals surface area contributed by atoms with E-state index >= 15 is 0 Å². The fraction of sp³-hybridized carbons (Fsp3) is 0.417. The van der Waals surface area contributed by atoms with Gasteiger partial charge in [-0.1, -0.05) is 0 Å². The summed E-state index contributed by atoms with van der Waals surface area (Å²) < 4.78 is 37.4.